The number of rotatable bonds is 9. The zero-order valence-corrected chi connectivity index (χ0v) is 19.2. The molecule has 0 aliphatic rings. The molecule has 0 saturated carbocycles. The summed E-state index contributed by atoms with van der Waals surface area (Å²) in [5.74, 6) is -1.32. The number of amides is 1. The third-order valence-corrected chi connectivity index (χ3v) is 5.73. The Morgan fingerprint density at radius 3 is 2.44 bits per heavy atom. The number of methoxy groups -OCH3 is 1. The first-order chi connectivity index (χ1) is 16.2. The van der Waals surface area contributed by atoms with Crippen molar-refractivity contribution in [3.05, 3.63) is 74.0 Å². The van der Waals surface area contributed by atoms with Crippen LogP contribution in [-0.2, 0) is 16.1 Å². The lowest BCUT2D eigenvalue weighted by Crippen LogP contribution is -2.13. The average Bonchev–Trinajstić information content (AvgIpc) is 3.42. The molecule has 0 radical (unpaired) electrons. The van der Waals surface area contributed by atoms with Gasteiger partial charge in [-0.1, -0.05) is 0 Å². The second kappa shape index (κ2) is 10.6. The van der Waals surface area contributed by atoms with Crippen LogP contribution in [0.4, 0.5) is 10.7 Å². The number of furan rings is 1. The van der Waals surface area contributed by atoms with E-state index in [0.717, 1.165) is 11.3 Å². The molecule has 12 heteroatoms. The molecule has 1 aromatic carbocycles. The zero-order chi connectivity index (χ0) is 24.8. The minimum absolute atomic E-state index is 0.0242. The molecular weight excluding hydrogens is 468 g/mol. The lowest BCUT2D eigenvalue weighted by atomic mass is 10.1. The van der Waals surface area contributed by atoms with Crippen LogP contribution in [-0.4, -0.2) is 36.5 Å². The fourth-order valence-electron chi connectivity index (χ4n) is 2.90. The quantitative estimate of drug-likeness (QED) is 0.264. The molecule has 1 amide bonds. The third-order valence-electron chi connectivity index (χ3n) is 4.54. The van der Waals surface area contributed by atoms with Gasteiger partial charge >= 0.3 is 11.9 Å². The number of nitro groups is 1. The van der Waals surface area contributed by atoms with Gasteiger partial charge in [0.1, 0.15) is 28.0 Å². The molecule has 11 nitrogen and oxygen atoms in total. The van der Waals surface area contributed by atoms with Gasteiger partial charge in [0.15, 0.2) is 5.76 Å². The summed E-state index contributed by atoms with van der Waals surface area (Å²) in [6, 6.07) is 8.47. The highest BCUT2D eigenvalue weighted by atomic mass is 32.1. The smallest absolute Gasteiger partial charge is 0.348 e. The van der Waals surface area contributed by atoms with Gasteiger partial charge in [0.05, 0.1) is 24.2 Å². The Bertz CT molecular complexity index is 1230. The van der Waals surface area contributed by atoms with Crippen molar-refractivity contribution in [3.63, 3.8) is 0 Å². The molecule has 0 aliphatic heterocycles. The standard InChI is InChI=1S/C22H20N2O9S/c1-4-31-22(27)18-12(2)17(21(26)30-3)20(34-18)23-19(25)16-10-9-15(33-16)11-32-14-7-5-13(6-8-14)24(28)29/h5-10H,4,11H2,1-3H3,(H,23,25). The second-order valence-corrected chi connectivity index (χ2v) is 7.75. The molecule has 0 aliphatic carbocycles. The predicted octanol–water partition coefficient (Wildman–Crippen LogP) is 4.35. The first kappa shape index (κ1) is 24.5. The summed E-state index contributed by atoms with van der Waals surface area (Å²) in [5, 5.41) is 13.4. The minimum atomic E-state index is -0.712. The van der Waals surface area contributed by atoms with E-state index in [-0.39, 0.29) is 40.1 Å². The highest BCUT2D eigenvalue weighted by molar-refractivity contribution is 7.18. The highest BCUT2D eigenvalue weighted by Crippen LogP contribution is 2.34. The van der Waals surface area contributed by atoms with Crippen molar-refractivity contribution in [1.29, 1.82) is 0 Å². The molecular formula is C22H20N2O9S. The topological polar surface area (TPSA) is 147 Å². The maximum Gasteiger partial charge on any atom is 0.348 e. The van der Waals surface area contributed by atoms with Gasteiger partial charge in [-0.25, -0.2) is 9.59 Å². The van der Waals surface area contributed by atoms with E-state index in [2.05, 4.69) is 5.32 Å². The van der Waals surface area contributed by atoms with E-state index in [1.165, 1.54) is 43.5 Å². The number of benzene rings is 1. The molecule has 3 aromatic rings. The van der Waals surface area contributed by atoms with Gasteiger partial charge < -0.3 is 23.9 Å². The molecule has 34 heavy (non-hydrogen) atoms. The van der Waals surface area contributed by atoms with E-state index < -0.39 is 22.8 Å². The van der Waals surface area contributed by atoms with Crippen LogP contribution in [0.15, 0.2) is 40.8 Å². The number of thiophene rings is 1. The number of carbonyl (C=O) groups is 3. The summed E-state index contributed by atoms with van der Waals surface area (Å²) in [5.41, 5.74) is 0.324. The van der Waals surface area contributed by atoms with Crippen molar-refractivity contribution in [2.45, 2.75) is 20.5 Å². The highest BCUT2D eigenvalue weighted by Gasteiger charge is 2.27. The Balaban J connectivity index is 1.72. The van der Waals surface area contributed by atoms with Gasteiger partial charge in [0.25, 0.3) is 11.6 Å². The molecule has 178 valence electrons. The Kier molecular flexibility index (Phi) is 7.64. The van der Waals surface area contributed by atoms with E-state index in [1.54, 1.807) is 13.8 Å². The van der Waals surface area contributed by atoms with Crippen molar-refractivity contribution in [2.75, 3.05) is 19.0 Å². The summed E-state index contributed by atoms with van der Waals surface area (Å²) < 4.78 is 20.8. The molecule has 0 spiro atoms. The Hall–Kier alpha value is -4.19. The van der Waals surface area contributed by atoms with Crippen LogP contribution < -0.4 is 10.1 Å². The molecule has 1 N–H and O–H groups in total. The van der Waals surface area contributed by atoms with Gasteiger partial charge in [-0.05, 0) is 43.7 Å². The minimum Gasteiger partial charge on any atom is -0.486 e. The fraction of sp³-hybridized carbons (Fsp3) is 0.227. The van der Waals surface area contributed by atoms with Crippen LogP contribution in [0.2, 0.25) is 0 Å². The number of nitrogens with zero attached hydrogens (tertiary/aromatic N) is 1. The first-order valence-electron chi connectivity index (χ1n) is 9.91. The molecule has 0 fully saturated rings. The molecule has 2 aromatic heterocycles. The zero-order valence-electron chi connectivity index (χ0n) is 18.4. The Morgan fingerprint density at radius 1 is 1.12 bits per heavy atom. The maximum absolute atomic E-state index is 12.7. The predicted molar refractivity (Wildman–Crippen MR) is 120 cm³/mol. The number of hydrogen-bond acceptors (Lipinski definition) is 10. The van der Waals surface area contributed by atoms with E-state index in [0.29, 0.717) is 17.1 Å². The Morgan fingerprint density at radius 2 is 1.82 bits per heavy atom. The van der Waals surface area contributed by atoms with Crippen molar-refractivity contribution < 1.29 is 37.9 Å². The summed E-state index contributed by atoms with van der Waals surface area (Å²) in [4.78, 5) is 47.5. The van der Waals surface area contributed by atoms with Crippen molar-refractivity contribution in [1.82, 2.24) is 0 Å². The largest absolute Gasteiger partial charge is 0.486 e. The Labute approximate surface area is 197 Å². The molecule has 2 heterocycles. The van der Waals surface area contributed by atoms with Gasteiger partial charge in [-0.15, -0.1) is 11.3 Å². The molecule has 0 atom stereocenters. The van der Waals surface area contributed by atoms with Gasteiger partial charge in [0, 0.05) is 12.1 Å². The van der Waals surface area contributed by atoms with Crippen molar-refractivity contribution >= 4 is 39.9 Å². The summed E-state index contributed by atoms with van der Waals surface area (Å²) >= 11 is 0.897. The molecule has 3 rings (SSSR count). The maximum atomic E-state index is 12.7. The number of esters is 2. The number of carbonyl (C=O) groups excluding carboxylic acids is 3. The monoisotopic (exact) mass is 488 g/mol. The molecule has 0 unspecified atom stereocenters. The average molecular weight is 488 g/mol. The number of non-ortho nitro benzene ring substituents is 1. The molecule has 0 bridgehead atoms. The first-order valence-corrected chi connectivity index (χ1v) is 10.7. The summed E-state index contributed by atoms with van der Waals surface area (Å²) in [6.45, 7) is 3.35. The SMILES string of the molecule is CCOC(=O)c1sc(NC(=O)c2ccc(COc3ccc([N+](=O)[O-])cc3)o2)c(C(=O)OC)c1C. The summed E-state index contributed by atoms with van der Waals surface area (Å²) in [7, 11) is 1.19. The van der Waals surface area contributed by atoms with Gasteiger partial charge in [-0.2, -0.15) is 0 Å². The second-order valence-electron chi connectivity index (χ2n) is 6.73. The van der Waals surface area contributed by atoms with Crippen LogP contribution in [0.3, 0.4) is 0 Å². The van der Waals surface area contributed by atoms with E-state index in [1.807, 2.05) is 0 Å². The third kappa shape index (κ3) is 5.41. The van der Waals surface area contributed by atoms with Crippen molar-refractivity contribution in [2.24, 2.45) is 0 Å². The number of nitrogens with one attached hydrogen (secondary N) is 1. The van der Waals surface area contributed by atoms with E-state index in [4.69, 9.17) is 18.6 Å². The molecule has 0 saturated heterocycles. The number of nitro benzene ring substituents is 1. The van der Waals surface area contributed by atoms with E-state index >= 15 is 0 Å². The summed E-state index contributed by atoms with van der Waals surface area (Å²) in [6.07, 6.45) is 0. The van der Waals surface area contributed by atoms with Crippen LogP contribution in [0.1, 0.15) is 48.8 Å². The van der Waals surface area contributed by atoms with Crippen LogP contribution in [0.25, 0.3) is 0 Å². The van der Waals surface area contributed by atoms with Crippen LogP contribution in [0.5, 0.6) is 5.75 Å². The number of hydrogen-bond donors (Lipinski definition) is 1. The van der Waals surface area contributed by atoms with E-state index in [9.17, 15) is 24.5 Å². The number of ether oxygens (including phenoxy) is 3. The normalized spacial score (nSPS) is 10.4. The van der Waals surface area contributed by atoms with Crippen molar-refractivity contribution in [3.8, 4) is 5.75 Å². The van der Waals surface area contributed by atoms with Gasteiger partial charge in [-0.3, -0.25) is 14.9 Å². The lowest BCUT2D eigenvalue weighted by molar-refractivity contribution is -0.384. The van der Waals surface area contributed by atoms with Crippen LogP contribution in [0, 0.1) is 17.0 Å². The lowest BCUT2D eigenvalue weighted by Gasteiger charge is -2.05. The fourth-order valence-corrected chi connectivity index (χ4v) is 3.99. The number of anilines is 1. The van der Waals surface area contributed by atoms with Crippen LogP contribution >= 0.6 is 11.3 Å². The van der Waals surface area contributed by atoms with Gasteiger partial charge in [0.2, 0.25) is 0 Å².